The lowest BCUT2D eigenvalue weighted by Gasteiger charge is -2.45. The number of hydrogen-bond acceptors (Lipinski definition) is 4. The molecule has 0 amide bonds. The SMILES string of the molecule is CC1COCCN1C1CCCC(C#N)(NC2CC2)C1. The van der Waals surface area contributed by atoms with Crippen LogP contribution >= 0.6 is 0 Å². The van der Waals surface area contributed by atoms with Gasteiger partial charge in [-0.25, -0.2) is 0 Å². The third-order valence-electron chi connectivity index (χ3n) is 4.88. The van der Waals surface area contributed by atoms with Crippen LogP contribution in [0.4, 0.5) is 0 Å². The molecule has 0 radical (unpaired) electrons. The second-order valence-corrected chi connectivity index (χ2v) is 6.52. The Hall–Kier alpha value is -0.630. The fourth-order valence-corrected chi connectivity index (χ4v) is 3.69. The molecule has 3 aliphatic rings. The molecule has 3 atom stereocenters. The zero-order valence-electron chi connectivity index (χ0n) is 11.9. The van der Waals surface area contributed by atoms with Gasteiger partial charge in [-0.1, -0.05) is 0 Å². The first-order valence-corrected chi connectivity index (χ1v) is 7.75. The topological polar surface area (TPSA) is 48.3 Å². The molecule has 4 nitrogen and oxygen atoms in total. The van der Waals surface area contributed by atoms with Crippen LogP contribution < -0.4 is 5.32 Å². The molecule has 1 heterocycles. The van der Waals surface area contributed by atoms with Crippen LogP contribution in [0.5, 0.6) is 0 Å². The molecule has 0 spiro atoms. The van der Waals surface area contributed by atoms with Gasteiger partial charge in [0, 0.05) is 24.7 Å². The standard InChI is InChI=1S/C15H25N3O/c1-12-10-19-8-7-18(12)14-3-2-6-15(9-14,11-16)17-13-4-5-13/h12-14,17H,2-10H2,1H3. The Balaban J connectivity index is 1.67. The first-order valence-electron chi connectivity index (χ1n) is 7.75. The van der Waals surface area contributed by atoms with E-state index in [4.69, 9.17) is 4.74 Å². The minimum atomic E-state index is -0.262. The molecule has 0 aromatic rings. The average molecular weight is 263 g/mol. The third kappa shape index (κ3) is 2.94. The summed E-state index contributed by atoms with van der Waals surface area (Å²) in [4.78, 5) is 2.57. The highest BCUT2D eigenvalue weighted by Crippen LogP contribution is 2.35. The fourth-order valence-electron chi connectivity index (χ4n) is 3.69. The maximum Gasteiger partial charge on any atom is 0.108 e. The van der Waals surface area contributed by atoms with Crippen molar-refractivity contribution >= 4 is 0 Å². The number of morpholine rings is 1. The van der Waals surface area contributed by atoms with Crippen molar-refractivity contribution in [1.29, 1.82) is 5.26 Å². The third-order valence-corrected chi connectivity index (χ3v) is 4.88. The van der Waals surface area contributed by atoms with Gasteiger partial charge in [0.25, 0.3) is 0 Å². The molecule has 2 aliphatic carbocycles. The molecule has 1 aliphatic heterocycles. The smallest absolute Gasteiger partial charge is 0.108 e. The quantitative estimate of drug-likeness (QED) is 0.841. The summed E-state index contributed by atoms with van der Waals surface area (Å²) in [5.41, 5.74) is -0.262. The van der Waals surface area contributed by atoms with Crippen LogP contribution in [-0.2, 0) is 4.74 Å². The van der Waals surface area contributed by atoms with E-state index in [0.29, 0.717) is 18.1 Å². The van der Waals surface area contributed by atoms with Crippen LogP contribution in [0.1, 0.15) is 45.4 Å². The fraction of sp³-hybridized carbons (Fsp3) is 0.933. The number of rotatable bonds is 3. The van der Waals surface area contributed by atoms with Gasteiger partial charge in [-0.2, -0.15) is 5.26 Å². The van der Waals surface area contributed by atoms with Crippen molar-refractivity contribution in [3.8, 4) is 6.07 Å². The summed E-state index contributed by atoms with van der Waals surface area (Å²) in [5.74, 6) is 0. The molecule has 3 unspecified atom stereocenters. The van der Waals surface area contributed by atoms with Crippen LogP contribution in [0.15, 0.2) is 0 Å². The zero-order chi connectivity index (χ0) is 13.3. The molecule has 1 N–H and O–H groups in total. The highest BCUT2D eigenvalue weighted by Gasteiger charge is 2.42. The molecule has 4 heteroatoms. The Labute approximate surface area is 116 Å². The van der Waals surface area contributed by atoms with Gasteiger partial charge < -0.3 is 4.74 Å². The summed E-state index contributed by atoms with van der Waals surface area (Å²) in [6.07, 6.45) is 6.92. The Morgan fingerprint density at radius 2 is 2.21 bits per heavy atom. The Kier molecular flexibility index (Phi) is 3.79. The van der Waals surface area contributed by atoms with Gasteiger partial charge in [0.05, 0.1) is 19.3 Å². The first-order chi connectivity index (χ1) is 9.22. The van der Waals surface area contributed by atoms with E-state index in [9.17, 15) is 5.26 Å². The Bertz CT molecular complexity index is 363. The molecule has 3 rings (SSSR count). The number of hydrogen-bond donors (Lipinski definition) is 1. The predicted octanol–water partition coefficient (Wildman–Crippen LogP) is 1.66. The molecule has 0 bridgehead atoms. The van der Waals surface area contributed by atoms with Gasteiger partial charge in [0.2, 0.25) is 0 Å². The highest BCUT2D eigenvalue weighted by atomic mass is 16.5. The lowest BCUT2D eigenvalue weighted by atomic mass is 9.78. The summed E-state index contributed by atoms with van der Waals surface area (Å²) in [5, 5.41) is 13.3. The summed E-state index contributed by atoms with van der Waals surface area (Å²) in [6.45, 7) is 4.95. The molecule has 0 aromatic heterocycles. The second-order valence-electron chi connectivity index (χ2n) is 6.52. The van der Waals surface area contributed by atoms with Gasteiger partial charge in [0.1, 0.15) is 5.54 Å². The summed E-state index contributed by atoms with van der Waals surface area (Å²) >= 11 is 0. The van der Waals surface area contributed by atoms with Crippen molar-refractivity contribution in [2.75, 3.05) is 19.8 Å². The number of ether oxygens (including phenoxy) is 1. The van der Waals surface area contributed by atoms with Crippen LogP contribution in [0.2, 0.25) is 0 Å². The van der Waals surface area contributed by atoms with E-state index in [1.165, 1.54) is 25.7 Å². The zero-order valence-corrected chi connectivity index (χ0v) is 11.9. The van der Waals surface area contributed by atoms with Gasteiger partial charge in [-0.05, 0) is 45.4 Å². The molecule has 1 saturated heterocycles. The highest BCUT2D eigenvalue weighted by molar-refractivity contribution is 5.13. The molecular formula is C15H25N3O. The molecule has 3 fully saturated rings. The van der Waals surface area contributed by atoms with Crippen molar-refractivity contribution in [2.24, 2.45) is 0 Å². The number of nitriles is 1. The average Bonchev–Trinajstić information content (AvgIpc) is 3.23. The van der Waals surface area contributed by atoms with Crippen LogP contribution in [-0.4, -0.2) is 48.3 Å². The maximum atomic E-state index is 9.64. The van der Waals surface area contributed by atoms with E-state index in [-0.39, 0.29) is 5.54 Å². The van der Waals surface area contributed by atoms with E-state index < -0.39 is 0 Å². The lowest BCUT2D eigenvalue weighted by Crippen LogP contribution is -2.57. The van der Waals surface area contributed by atoms with Gasteiger partial charge in [0.15, 0.2) is 0 Å². The van der Waals surface area contributed by atoms with Gasteiger partial charge in [-0.15, -0.1) is 0 Å². The Morgan fingerprint density at radius 3 is 2.89 bits per heavy atom. The Morgan fingerprint density at radius 1 is 1.37 bits per heavy atom. The summed E-state index contributed by atoms with van der Waals surface area (Å²) in [6, 6.07) is 4.26. The monoisotopic (exact) mass is 263 g/mol. The van der Waals surface area contributed by atoms with E-state index in [0.717, 1.165) is 32.6 Å². The first kappa shape index (κ1) is 13.4. The number of nitrogens with one attached hydrogen (secondary N) is 1. The summed E-state index contributed by atoms with van der Waals surface area (Å²) < 4.78 is 5.53. The molecular weight excluding hydrogens is 238 g/mol. The van der Waals surface area contributed by atoms with Crippen molar-refractivity contribution in [3.63, 3.8) is 0 Å². The second kappa shape index (κ2) is 5.40. The molecule has 2 saturated carbocycles. The van der Waals surface area contributed by atoms with E-state index in [2.05, 4.69) is 23.2 Å². The maximum absolute atomic E-state index is 9.64. The predicted molar refractivity (Wildman–Crippen MR) is 73.7 cm³/mol. The van der Waals surface area contributed by atoms with Gasteiger partial charge in [-0.3, -0.25) is 10.2 Å². The minimum Gasteiger partial charge on any atom is -0.379 e. The van der Waals surface area contributed by atoms with Crippen LogP contribution in [0, 0.1) is 11.3 Å². The van der Waals surface area contributed by atoms with Crippen LogP contribution in [0.3, 0.4) is 0 Å². The largest absolute Gasteiger partial charge is 0.379 e. The van der Waals surface area contributed by atoms with Gasteiger partial charge >= 0.3 is 0 Å². The number of nitrogens with zero attached hydrogens (tertiary/aromatic N) is 2. The summed E-state index contributed by atoms with van der Waals surface area (Å²) in [7, 11) is 0. The van der Waals surface area contributed by atoms with Crippen molar-refractivity contribution in [1.82, 2.24) is 10.2 Å². The lowest BCUT2D eigenvalue weighted by molar-refractivity contribution is -0.0350. The van der Waals surface area contributed by atoms with Crippen LogP contribution in [0.25, 0.3) is 0 Å². The van der Waals surface area contributed by atoms with E-state index in [1.807, 2.05) is 0 Å². The minimum absolute atomic E-state index is 0.262. The van der Waals surface area contributed by atoms with Crippen molar-refractivity contribution in [3.05, 3.63) is 0 Å². The van der Waals surface area contributed by atoms with E-state index >= 15 is 0 Å². The van der Waals surface area contributed by atoms with Crippen molar-refractivity contribution in [2.45, 2.75) is 69.1 Å². The van der Waals surface area contributed by atoms with Crippen molar-refractivity contribution < 1.29 is 4.74 Å². The van der Waals surface area contributed by atoms with E-state index in [1.54, 1.807) is 0 Å². The normalized spacial score (nSPS) is 40.8. The molecule has 106 valence electrons. The molecule has 0 aromatic carbocycles. The molecule has 19 heavy (non-hydrogen) atoms.